The van der Waals surface area contributed by atoms with Crippen LogP contribution in [0.4, 0.5) is 5.69 Å². The molecule has 0 saturated heterocycles. The van der Waals surface area contributed by atoms with Crippen molar-refractivity contribution in [1.29, 1.82) is 0 Å². The van der Waals surface area contributed by atoms with Crippen LogP contribution in [0.3, 0.4) is 0 Å². The van der Waals surface area contributed by atoms with Gasteiger partial charge in [-0.1, -0.05) is 55.1 Å². The number of nitrogens with one attached hydrogen (secondary N) is 1. The number of amides is 1. The first-order valence-corrected chi connectivity index (χ1v) is 12.9. The maximum Gasteiger partial charge on any atom is 0.338 e. The fraction of sp³-hybridized carbons (Fsp3) is 0.258. The third-order valence-corrected chi connectivity index (χ3v) is 6.59. The summed E-state index contributed by atoms with van der Waals surface area (Å²) in [7, 11) is 0. The summed E-state index contributed by atoms with van der Waals surface area (Å²) in [4.78, 5) is 30.9. The molecule has 37 heavy (non-hydrogen) atoms. The molecule has 0 bridgehead atoms. The number of benzene rings is 3. The Labute approximate surface area is 222 Å². The zero-order valence-electron chi connectivity index (χ0n) is 21.7. The zero-order valence-corrected chi connectivity index (χ0v) is 22.4. The van der Waals surface area contributed by atoms with Crippen molar-refractivity contribution in [1.82, 2.24) is 4.98 Å². The molecule has 1 heterocycles. The van der Waals surface area contributed by atoms with Crippen LogP contribution in [0.5, 0.6) is 0 Å². The Hall–Kier alpha value is -3.70. The third kappa shape index (κ3) is 6.00. The van der Waals surface area contributed by atoms with E-state index in [-0.39, 0.29) is 11.9 Å². The van der Waals surface area contributed by atoms with Crippen LogP contribution in [-0.4, -0.2) is 23.5 Å². The van der Waals surface area contributed by atoms with E-state index in [0.29, 0.717) is 34.1 Å². The third-order valence-electron chi connectivity index (χ3n) is 6.35. The van der Waals surface area contributed by atoms with Crippen molar-refractivity contribution in [3.8, 4) is 11.3 Å². The molecule has 6 heteroatoms. The van der Waals surface area contributed by atoms with Gasteiger partial charge in [-0.05, 0) is 80.8 Å². The highest BCUT2D eigenvalue weighted by atomic mass is 35.5. The minimum atomic E-state index is -0.359. The van der Waals surface area contributed by atoms with Gasteiger partial charge < -0.3 is 10.1 Å². The van der Waals surface area contributed by atoms with Crippen LogP contribution >= 0.6 is 11.6 Å². The second kappa shape index (κ2) is 11.6. The van der Waals surface area contributed by atoms with Crippen LogP contribution in [-0.2, 0) is 4.74 Å². The summed E-state index contributed by atoms with van der Waals surface area (Å²) in [6.45, 7) is 8.43. The Morgan fingerprint density at radius 3 is 2.43 bits per heavy atom. The van der Waals surface area contributed by atoms with Gasteiger partial charge in [-0.25, -0.2) is 9.78 Å². The maximum atomic E-state index is 13.7. The van der Waals surface area contributed by atoms with Gasteiger partial charge in [0.1, 0.15) is 0 Å². The smallest absolute Gasteiger partial charge is 0.338 e. The summed E-state index contributed by atoms with van der Waals surface area (Å²) in [5.41, 5.74) is 6.76. The highest BCUT2D eigenvalue weighted by molar-refractivity contribution is 6.30. The van der Waals surface area contributed by atoms with Crippen LogP contribution in [0.1, 0.15) is 63.6 Å². The number of ether oxygens (including phenoxy) is 1. The monoisotopic (exact) mass is 514 g/mol. The van der Waals surface area contributed by atoms with Crippen molar-refractivity contribution >= 4 is 40.1 Å². The molecule has 0 atom stereocenters. The van der Waals surface area contributed by atoms with E-state index in [9.17, 15) is 9.59 Å². The quantitative estimate of drug-likeness (QED) is 0.190. The van der Waals surface area contributed by atoms with E-state index in [0.717, 1.165) is 52.4 Å². The SMILES string of the molecule is CCCCCOC(=O)c1ccc(NC(=O)c2c(C)c(-c3cccc(Cl)c3)nc3c(C)cc(C)cc23)cc1. The number of aryl methyl sites for hydroxylation is 2. The average Bonchev–Trinajstić information content (AvgIpc) is 2.86. The molecular weight excluding hydrogens is 484 g/mol. The second-order valence-corrected chi connectivity index (χ2v) is 9.76. The molecular formula is C31H31ClN2O3. The largest absolute Gasteiger partial charge is 0.462 e. The molecule has 1 amide bonds. The predicted octanol–water partition coefficient (Wildman–Crippen LogP) is 8.08. The molecule has 0 aliphatic rings. The van der Waals surface area contributed by atoms with Crippen molar-refractivity contribution in [2.24, 2.45) is 0 Å². The van der Waals surface area contributed by atoms with Gasteiger partial charge in [0.2, 0.25) is 0 Å². The second-order valence-electron chi connectivity index (χ2n) is 9.32. The molecule has 1 N–H and O–H groups in total. The normalized spacial score (nSPS) is 10.9. The van der Waals surface area contributed by atoms with Gasteiger partial charge in [-0.15, -0.1) is 0 Å². The number of esters is 1. The molecule has 4 aromatic rings. The number of carbonyl (C=O) groups is 2. The van der Waals surface area contributed by atoms with E-state index >= 15 is 0 Å². The van der Waals surface area contributed by atoms with E-state index in [1.807, 2.05) is 51.1 Å². The Morgan fingerprint density at radius 1 is 0.973 bits per heavy atom. The topological polar surface area (TPSA) is 68.3 Å². The number of halogens is 1. The minimum absolute atomic E-state index is 0.243. The number of fused-ring (bicyclic) bond motifs is 1. The van der Waals surface area contributed by atoms with Gasteiger partial charge in [0.05, 0.1) is 28.9 Å². The molecule has 0 saturated carbocycles. The molecule has 1 aromatic heterocycles. The lowest BCUT2D eigenvalue weighted by Gasteiger charge is -2.17. The van der Waals surface area contributed by atoms with Crippen molar-refractivity contribution in [2.75, 3.05) is 11.9 Å². The average molecular weight is 515 g/mol. The standard InChI is InChI=1S/C31H31ClN2O3/c1-5-6-7-15-37-31(36)22-11-13-25(14-12-22)33-30(35)27-21(4)29(23-9-8-10-24(32)18-23)34-28-20(3)16-19(2)17-26(27)28/h8-14,16-18H,5-7,15H2,1-4H3,(H,33,35). The molecule has 0 fully saturated rings. The summed E-state index contributed by atoms with van der Waals surface area (Å²) in [5, 5.41) is 4.40. The molecule has 0 radical (unpaired) electrons. The Kier molecular flexibility index (Phi) is 8.24. The fourth-order valence-electron chi connectivity index (χ4n) is 4.51. The highest BCUT2D eigenvalue weighted by Crippen LogP contribution is 2.33. The minimum Gasteiger partial charge on any atom is -0.462 e. The molecule has 5 nitrogen and oxygen atoms in total. The number of rotatable bonds is 8. The van der Waals surface area contributed by atoms with E-state index in [4.69, 9.17) is 21.3 Å². The Morgan fingerprint density at radius 2 is 1.73 bits per heavy atom. The number of nitrogens with zero attached hydrogens (tertiary/aromatic N) is 1. The number of carbonyl (C=O) groups excluding carboxylic acids is 2. The number of hydrogen-bond acceptors (Lipinski definition) is 4. The van der Waals surface area contributed by atoms with Crippen molar-refractivity contribution in [3.05, 3.63) is 93.5 Å². The number of aromatic nitrogens is 1. The van der Waals surface area contributed by atoms with Crippen LogP contribution < -0.4 is 5.32 Å². The molecule has 0 aliphatic heterocycles. The molecule has 0 aliphatic carbocycles. The van der Waals surface area contributed by atoms with Gasteiger partial charge >= 0.3 is 5.97 Å². The molecule has 0 spiro atoms. The number of anilines is 1. The lowest BCUT2D eigenvalue weighted by Crippen LogP contribution is -2.16. The Balaban J connectivity index is 1.67. The fourth-order valence-corrected chi connectivity index (χ4v) is 4.70. The lowest BCUT2D eigenvalue weighted by molar-refractivity contribution is 0.0498. The first kappa shape index (κ1) is 26.4. The number of hydrogen-bond donors (Lipinski definition) is 1. The lowest BCUT2D eigenvalue weighted by atomic mass is 9.94. The number of pyridine rings is 1. The highest BCUT2D eigenvalue weighted by Gasteiger charge is 2.21. The van der Waals surface area contributed by atoms with Crippen LogP contribution in [0.25, 0.3) is 22.2 Å². The van der Waals surface area contributed by atoms with Gasteiger partial charge in [-0.3, -0.25) is 4.79 Å². The molecule has 3 aromatic carbocycles. The first-order chi connectivity index (χ1) is 17.8. The maximum absolute atomic E-state index is 13.7. The predicted molar refractivity (Wildman–Crippen MR) is 151 cm³/mol. The summed E-state index contributed by atoms with van der Waals surface area (Å²) >= 11 is 6.26. The molecule has 4 rings (SSSR count). The van der Waals surface area contributed by atoms with Crippen molar-refractivity contribution in [2.45, 2.75) is 47.0 Å². The zero-order chi connectivity index (χ0) is 26.5. The van der Waals surface area contributed by atoms with E-state index in [2.05, 4.69) is 18.3 Å². The summed E-state index contributed by atoms with van der Waals surface area (Å²) in [6, 6.07) is 18.3. The first-order valence-electron chi connectivity index (χ1n) is 12.5. The summed E-state index contributed by atoms with van der Waals surface area (Å²) in [5.74, 6) is -0.602. The summed E-state index contributed by atoms with van der Waals surface area (Å²) in [6.07, 6.45) is 2.95. The van der Waals surface area contributed by atoms with Crippen LogP contribution in [0.15, 0.2) is 60.7 Å². The molecule has 0 unspecified atom stereocenters. The van der Waals surface area contributed by atoms with Crippen LogP contribution in [0, 0.1) is 20.8 Å². The van der Waals surface area contributed by atoms with Gasteiger partial charge in [0.25, 0.3) is 5.91 Å². The van der Waals surface area contributed by atoms with Crippen molar-refractivity contribution < 1.29 is 14.3 Å². The van der Waals surface area contributed by atoms with E-state index in [1.54, 1.807) is 24.3 Å². The Bertz CT molecular complexity index is 1460. The summed E-state index contributed by atoms with van der Waals surface area (Å²) < 4.78 is 5.33. The van der Waals surface area contributed by atoms with Gasteiger partial charge in [0.15, 0.2) is 0 Å². The van der Waals surface area contributed by atoms with Gasteiger partial charge in [-0.2, -0.15) is 0 Å². The van der Waals surface area contributed by atoms with Crippen LogP contribution in [0.2, 0.25) is 5.02 Å². The van der Waals surface area contributed by atoms with Gasteiger partial charge in [0, 0.05) is 21.7 Å². The van der Waals surface area contributed by atoms with E-state index < -0.39 is 0 Å². The van der Waals surface area contributed by atoms with Crippen molar-refractivity contribution in [3.63, 3.8) is 0 Å². The van der Waals surface area contributed by atoms with E-state index in [1.165, 1.54) is 0 Å². The number of unbranched alkanes of at least 4 members (excludes halogenated alkanes) is 2. The molecule has 190 valence electrons.